The third-order valence-electron chi connectivity index (χ3n) is 6.79. The minimum absolute atomic E-state index is 0.174. The van der Waals surface area contributed by atoms with Crippen molar-refractivity contribution in [2.45, 2.75) is 20.8 Å². The smallest absolute Gasteiger partial charge is 0.271 e. The van der Waals surface area contributed by atoms with Crippen molar-refractivity contribution in [3.63, 3.8) is 0 Å². The molecule has 3 N–H and O–H groups in total. The number of aryl methyl sites for hydroxylation is 3. The molecule has 11 heteroatoms. The maximum atomic E-state index is 12.7. The van der Waals surface area contributed by atoms with Gasteiger partial charge in [0.2, 0.25) is 0 Å². The highest BCUT2D eigenvalue weighted by Crippen LogP contribution is 2.34. The minimum Gasteiger partial charge on any atom is -0.481 e. The summed E-state index contributed by atoms with van der Waals surface area (Å²) in [5, 5.41) is 13.3. The predicted octanol–water partition coefficient (Wildman–Crippen LogP) is 8.57. The standard InChI is InChI=1S/C34H29Cl2N5O3S/c1-20-4-11-26(12-5-20)39-34-40-30(19-45-34)24-7-9-25(10-8-24)33(43)41-37-17-23-15-28(35)32(29(36)16-23)44-18-31(42)38-27-13-6-21(2)22(3)14-27/h4-17,19H,18H2,1-3H3,(H,38,42)(H,39,40)(H,41,43)/b37-17+. The minimum atomic E-state index is -0.385. The molecule has 0 spiro atoms. The second-order valence-corrected chi connectivity index (χ2v) is 11.9. The molecule has 0 fully saturated rings. The Hall–Kier alpha value is -4.70. The van der Waals surface area contributed by atoms with Crippen LogP contribution in [0.15, 0.2) is 89.3 Å². The molecule has 1 heterocycles. The Morgan fingerprint density at radius 1 is 0.889 bits per heavy atom. The Labute approximate surface area is 275 Å². The molecule has 45 heavy (non-hydrogen) atoms. The fourth-order valence-corrected chi connectivity index (χ4v) is 5.55. The van der Waals surface area contributed by atoms with Crippen molar-refractivity contribution in [3.8, 4) is 17.0 Å². The van der Waals surface area contributed by atoms with E-state index in [0.29, 0.717) is 16.8 Å². The number of halogens is 2. The lowest BCUT2D eigenvalue weighted by molar-refractivity contribution is -0.118. The zero-order chi connectivity index (χ0) is 31.9. The van der Waals surface area contributed by atoms with E-state index in [9.17, 15) is 9.59 Å². The van der Waals surface area contributed by atoms with Crippen molar-refractivity contribution >= 4 is 69.1 Å². The van der Waals surface area contributed by atoms with Gasteiger partial charge in [-0.05, 0) is 86.0 Å². The number of nitrogens with one attached hydrogen (secondary N) is 3. The first kappa shape index (κ1) is 31.7. The van der Waals surface area contributed by atoms with Crippen LogP contribution in [0.1, 0.15) is 32.6 Å². The number of ether oxygens (including phenoxy) is 1. The summed E-state index contributed by atoms with van der Waals surface area (Å²) in [5.74, 6) is -0.559. The second kappa shape index (κ2) is 14.4. The number of rotatable bonds is 10. The number of anilines is 3. The van der Waals surface area contributed by atoms with E-state index in [-0.39, 0.29) is 34.2 Å². The van der Waals surface area contributed by atoms with Gasteiger partial charge in [0.1, 0.15) is 0 Å². The summed E-state index contributed by atoms with van der Waals surface area (Å²) in [6.07, 6.45) is 1.41. The number of hydrogen-bond acceptors (Lipinski definition) is 7. The summed E-state index contributed by atoms with van der Waals surface area (Å²) in [5.41, 5.74) is 10.2. The van der Waals surface area contributed by atoms with Gasteiger partial charge in [0.05, 0.1) is 22.0 Å². The topological polar surface area (TPSA) is 105 Å². The van der Waals surface area contributed by atoms with Crippen LogP contribution in [0.4, 0.5) is 16.5 Å². The predicted molar refractivity (Wildman–Crippen MR) is 184 cm³/mol. The number of hydrazone groups is 1. The van der Waals surface area contributed by atoms with Crippen LogP contribution in [0.2, 0.25) is 10.0 Å². The van der Waals surface area contributed by atoms with Crippen molar-refractivity contribution in [2.24, 2.45) is 5.10 Å². The highest BCUT2D eigenvalue weighted by atomic mass is 35.5. The zero-order valence-corrected chi connectivity index (χ0v) is 27.0. The van der Waals surface area contributed by atoms with Crippen LogP contribution in [0.5, 0.6) is 5.75 Å². The molecule has 0 unspecified atom stereocenters. The number of amides is 2. The number of carbonyl (C=O) groups excluding carboxylic acids is 2. The largest absolute Gasteiger partial charge is 0.481 e. The molecule has 4 aromatic carbocycles. The highest BCUT2D eigenvalue weighted by Gasteiger charge is 2.13. The van der Waals surface area contributed by atoms with Gasteiger partial charge >= 0.3 is 0 Å². The molecular formula is C34H29Cl2N5O3S. The second-order valence-electron chi connectivity index (χ2n) is 10.3. The molecule has 2 amide bonds. The van der Waals surface area contributed by atoms with E-state index in [1.807, 2.05) is 80.7 Å². The summed E-state index contributed by atoms with van der Waals surface area (Å²) < 4.78 is 5.59. The van der Waals surface area contributed by atoms with E-state index in [4.69, 9.17) is 27.9 Å². The zero-order valence-electron chi connectivity index (χ0n) is 24.7. The molecule has 0 aliphatic carbocycles. The van der Waals surface area contributed by atoms with E-state index in [2.05, 4.69) is 26.1 Å². The van der Waals surface area contributed by atoms with Gasteiger partial charge in [0.25, 0.3) is 11.8 Å². The number of thiazole rings is 1. The molecule has 228 valence electrons. The quantitative estimate of drug-likeness (QED) is 0.103. The van der Waals surface area contributed by atoms with Crippen LogP contribution in [0.3, 0.4) is 0 Å². The maximum absolute atomic E-state index is 12.7. The molecular weight excluding hydrogens is 629 g/mol. The Morgan fingerprint density at radius 3 is 2.27 bits per heavy atom. The molecule has 0 saturated carbocycles. The molecule has 0 bridgehead atoms. The van der Waals surface area contributed by atoms with Gasteiger partial charge in [-0.1, -0.05) is 59.1 Å². The first-order valence-corrected chi connectivity index (χ1v) is 15.5. The Bertz CT molecular complexity index is 1850. The van der Waals surface area contributed by atoms with Gasteiger partial charge in [-0.3, -0.25) is 9.59 Å². The first-order valence-electron chi connectivity index (χ1n) is 13.9. The summed E-state index contributed by atoms with van der Waals surface area (Å²) >= 11 is 14.2. The van der Waals surface area contributed by atoms with Gasteiger partial charge in [0, 0.05) is 27.9 Å². The van der Waals surface area contributed by atoms with Crippen molar-refractivity contribution in [3.05, 3.63) is 122 Å². The third kappa shape index (κ3) is 8.48. The fourth-order valence-electron chi connectivity index (χ4n) is 4.19. The van der Waals surface area contributed by atoms with Crippen LogP contribution in [0, 0.1) is 20.8 Å². The molecule has 0 atom stereocenters. The molecule has 8 nitrogen and oxygen atoms in total. The lowest BCUT2D eigenvalue weighted by Crippen LogP contribution is -2.20. The van der Waals surface area contributed by atoms with Gasteiger partial charge in [-0.15, -0.1) is 11.3 Å². The Morgan fingerprint density at radius 2 is 1.58 bits per heavy atom. The average Bonchev–Trinajstić information content (AvgIpc) is 3.48. The maximum Gasteiger partial charge on any atom is 0.271 e. The van der Waals surface area contributed by atoms with Crippen LogP contribution in [-0.2, 0) is 4.79 Å². The fraction of sp³-hybridized carbons (Fsp3) is 0.118. The van der Waals surface area contributed by atoms with Gasteiger partial charge in [0.15, 0.2) is 17.5 Å². The Kier molecular flexibility index (Phi) is 10.1. The van der Waals surface area contributed by atoms with E-state index >= 15 is 0 Å². The van der Waals surface area contributed by atoms with Crippen LogP contribution >= 0.6 is 34.5 Å². The molecule has 0 radical (unpaired) electrons. The molecule has 0 aliphatic rings. The molecule has 0 aliphatic heterocycles. The van der Waals surface area contributed by atoms with Crippen molar-refractivity contribution < 1.29 is 14.3 Å². The van der Waals surface area contributed by atoms with Crippen molar-refractivity contribution in [1.29, 1.82) is 0 Å². The van der Waals surface area contributed by atoms with Crippen LogP contribution < -0.4 is 20.8 Å². The highest BCUT2D eigenvalue weighted by molar-refractivity contribution is 7.14. The lowest BCUT2D eigenvalue weighted by Gasteiger charge is -2.12. The van der Waals surface area contributed by atoms with Crippen molar-refractivity contribution in [1.82, 2.24) is 10.4 Å². The number of hydrogen-bond donors (Lipinski definition) is 3. The summed E-state index contributed by atoms with van der Waals surface area (Å²) in [6.45, 7) is 5.74. The van der Waals surface area contributed by atoms with Crippen molar-refractivity contribution in [2.75, 3.05) is 17.2 Å². The normalized spacial score (nSPS) is 11.0. The average molecular weight is 659 g/mol. The Balaban J connectivity index is 1.13. The van der Waals surface area contributed by atoms with E-state index in [1.54, 1.807) is 24.3 Å². The molecule has 5 rings (SSSR count). The van der Waals surface area contributed by atoms with E-state index < -0.39 is 0 Å². The lowest BCUT2D eigenvalue weighted by atomic mass is 10.1. The number of nitrogens with zero attached hydrogens (tertiary/aromatic N) is 2. The summed E-state index contributed by atoms with van der Waals surface area (Å²) in [7, 11) is 0. The van der Waals surface area contributed by atoms with Crippen LogP contribution in [0.25, 0.3) is 11.3 Å². The number of aromatic nitrogens is 1. The molecule has 0 saturated heterocycles. The molecule has 5 aromatic rings. The van der Waals surface area contributed by atoms with Gasteiger partial charge < -0.3 is 15.4 Å². The first-order chi connectivity index (χ1) is 21.6. The third-order valence-corrected chi connectivity index (χ3v) is 8.11. The van der Waals surface area contributed by atoms with Gasteiger partial charge in [-0.25, -0.2) is 10.4 Å². The number of carbonyl (C=O) groups is 2. The monoisotopic (exact) mass is 657 g/mol. The summed E-state index contributed by atoms with van der Waals surface area (Å²) in [4.78, 5) is 29.7. The SMILES string of the molecule is Cc1ccc(Nc2nc(-c3ccc(C(=O)N/N=C/c4cc(Cl)c(OCC(=O)Nc5ccc(C)c(C)c5)c(Cl)c4)cc3)cs2)cc1. The molecule has 1 aromatic heterocycles. The van der Waals surface area contributed by atoms with E-state index in [1.165, 1.54) is 23.1 Å². The summed E-state index contributed by atoms with van der Waals surface area (Å²) in [6, 6.07) is 24.0. The van der Waals surface area contributed by atoms with Crippen LogP contribution in [-0.4, -0.2) is 29.6 Å². The van der Waals surface area contributed by atoms with Gasteiger partial charge in [-0.2, -0.15) is 5.10 Å². The van der Waals surface area contributed by atoms with E-state index in [0.717, 1.165) is 33.2 Å². The number of benzene rings is 4.